The Hall–Kier alpha value is -2.66. The van der Waals surface area contributed by atoms with Crippen molar-refractivity contribution in [3.63, 3.8) is 0 Å². The minimum Gasteiger partial charge on any atom is -0.348 e. The van der Waals surface area contributed by atoms with Gasteiger partial charge < -0.3 is 9.88 Å². The van der Waals surface area contributed by atoms with Crippen molar-refractivity contribution in [2.75, 3.05) is 0 Å². The average Bonchev–Trinajstić information content (AvgIpc) is 3.08. The topological polar surface area (TPSA) is 59.8 Å². The second-order valence-electron chi connectivity index (χ2n) is 4.66. The Balaban J connectivity index is 1.64. The molecule has 0 aliphatic carbocycles. The monoisotopic (exact) mass is 312 g/mol. The molecule has 1 amide bonds. The molecule has 0 spiro atoms. The van der Waals surface area contributed by atoms with Crippen LogP contribution in [-0.2, 0) is 6.54 Å². The van der Waals surface area contributed by atoms with E-state index in [-0.39, 0.29) is 11.1 Å². The van der Waals surface area contributed by atoms with Crippen molar-refractivity contribution in [3.05, 3.63) is 77.6 Å². The molecule has 0 atom stereocenters. The summed E-state index contributed by atoms with van der Waals surface area (Å²) in [4.78, 5) is 19.9. The van der Waals surface area contributed by atoms with Gasteiger partial charge in [0.15, 0.2) is 0 Å². The summed E-state index contributed by atoms with van der Waals surface area (Å²) >= 11 is 5.90. The van der Waals surface area contributed by atoms with Crippen LogP contribution in [0.15, 0.2) is 61.3 Å². The average molecular weight is 313 g/mol. The quantitative estimate of drug-likeness (QED) is 0.754. The van der Waals surface area contributed by atoms with E-state index in [1.54, 1.807) is 30.9 Å². The highest BCUT2D eigenvalue weighted by Gasteiger charge is 2.09. The molecule has 110 valence electrons. The van der Waals surface area contributed by atoms with Crippen LogP contribution in [0.5, 0.6) is 0 Å². The van der Waals surface area contributed by atoms with Gasteiger partial charge in [-0.1, -0.05) is 23.7 Å². The molecule has 1 N–H and O–H groups in total. The number of nitrogens with one attached hydrogen (secondary N) is 1. The molecule has 2 aromatic heterocycles. The van der Waals surface area contributed by atoms with Crippen LogP contribution in [0, 0.1) is 0 Å². The first-order chi connectivity index (χ1) is 10.7. The summed E-state index contributed by atoms with van der Waals surface area (Å²) in [6, 6.07) is 11.2. The molecule has 22 heavy (non-hydrogen) atoms. The van der Waals surface area contributed by atoms with E-state index < -0.39 is 0 Å². The molecule has 3 aromatic rings. The molecule has 5 nitrogen and oxygen atoms in total. The number of hydrogen-bond donors (Lipinski definition) is 1. The van der Waals surface area contributed by atoms with Crippen LogP contribution in [0.4, 0.5) is 0 Å². The smallest absolute Gasteiger partial charge is 0.254 e. The van der Waals surface area contributed by atoms with Gasteiger partial charge in [-0.3, -0.25) is 4.79 Å². The van der Waals surface area contributed by atoms with Gasteiger partial charge in [-0.25, -0.2) is 9.97 Å². The fourth-order valence-electron chi connectivity index (χ4n) is 2.03. The Bertz CT molecular complexity index is 769. The Morgan fingerprint density at radius 1 is 1.18 bits per heavy atom. The lowest BCUT2D eigenvalue weighted by Crippen LogP contribution is -2.23. The van der Waals surface area contributed by atoms with Crippen molar-refractivity contribution < 1.29 is 4.79 Å². The van der Waals surface area contributed by atoms with Gasteiger partial charge in [-0.15, -0.1) is 0 Å². The van der Waals surface area contributed by atoms with Crippen molar-refractivity contribution >= 4 is 17.5 Å². The van der Waals surface area contributed by atoms with E-state index in [1.807, 2.05) is 35.0 Å². The van der Waals surface area contributed by atoms with E-state index in [4.69, 9.17) is 11.6 Å². The number of rotatable bonds is 4. The number of aromatic nitrogens is 3. The van der Waals surface area contributed by atoms with Gasteiger partial charge in [-0.05, 0) is 29.8 Å². The summed E-state index contributed by atoms with van der Waals surface area (Å²) in [5.74, 6) is -0.239. The highest BCUT2D eigenvalue weighted by molar-refractivity contribution is 6.32. The predicted octanol–water partition coefficient (Wildman–Crippen LogP) is 2.85. The minimum absolute atomic E-state index is 0.204. The fraction of sp³-hybridized carbons (Fsp3) is 0.0625. The third kappa shape index (κ3) is 3.15. The third-order valence-electron chi connectivity index (χ3n) is 3.20. The summed E-state index contributed by atoms with van der Waals surface area (Å²) in [5, 5.41) is 3.03. The van der Waals surface area contributed by atoms with E-state index in [2.05, 4.69) is 15.3 Å². The van der Waals surface area contributed by atoms with Gasteiger partial charge in [0.2, 0.25) is 0 Å². The zero-order valence-electron chi connectivity index (χ0n) is 11.6. The van der Waals surface area contributed by atoms with E-state index >= 15 is 0 Å². The third-order valence-corrected chi connectivity index (χ3v) is 3.50. The molecule has 0 aliphatic heterocycles. The number of amides is 1. The zero-order valence-corrected chi connectivity index (χ0v) is 12.4. The maximum Gasteiger partial charge on any atom is 0.254 e. The number of hydrogen-bond acceptors (Lipinski definition) is 3. The van der Waals surface area contributed by atoms with Crippen molar-refractivity contribution in [3.8, 4) is 5.69 Å². The molecule has 0 fully saturated rings. The summed E-state index contributed by atoms with van der Waals surface area (Å²) in [7, 11) is 0. The molecule has 0 saturated heterocycles. The van der Waals surface area contributed by atoms with Gasteiger partial charge in [0.05, 0.1) is 11.9 Å². The van der Waals surface area contributed by atoms with E-state index in [9.17, 15) is 4.79 Å². The highest BCUT2D eigenvalue weighted by Crippen LogP contribution is 2.12. The lowest BCUT2D eigenvalue weighted by Gasteiger charge is -2.07. The number of benzene rings is 1. The SMILES string of the molecule is O=C(NCc1ccc(-n2ccnc2)cc1)c1cccnc1Cl. The first kappa shape index (κ1) is 14.3. The maximum atomic E-state index is 12.0. The number of halogens is 1. The Labute approximate surface area is 132 Å². The summed E-state index contributed by atoms with van der Waals surface area (Å²) in [5.41, 5.74) is 2.39. The first-order valence-electron chi connectivity index (χ1n) is 6.70. The molecule has 6 heteroatoms. The number of carbonyl (C=O) groups is 1. The largest absolute Gasteiger partial charge is 0.348 e. The van der Waals surface area contributed by atoms with Crippen molar-refractivity contribution in [2.45, 2.75) is 6.54 Å². The summed E-state index contributed by atoms with van der Waals surface area (Å²) in [6.07, 6.45) is 6.89. The van der Waals surface area contributed by atoms with Crippen LogP contribution in [0.1, 0.15) is 15.9 Å². The molecule has 3 rings (SSSR count). The van der Waals surface area contributed by atoms with E-state index in [0.29, 0.717) is 12.1 Å². The van der Waals surface area contributed by atoms with Crippen LogP contribution in [-0.4, -0.2) is 20.4 Å². The molecule has 0 radical (unpaired) electrons. The highest BCUT2D eigenvalue weighted by atomic mass is 35.5. The molecule has 2 heterocycles. The van der Waals surface area contributed by atoms with E-state index in [1.165, 1.54) is 0 Å². The number of pyridine rings is 1. The molecule has 0 unspecified atom stereocenters. The second kappa shape index (κ2) is 6.41. The second-order valence-corrected chi connectivity index (χ2v) is 5.02. The van der Waals surface area contributed by atoms with Crippen LogP contribution in [0.3, 0.4) is 0 Å². The molecule has 0 bridgehead atoms. The van der Waals surface area contributed by atoms with E-state index in [0.717, 1.165) is 11.3 Å². The van der Waals surface area contributed by atoms with Gasteiger partial charge in [0, 0.05) is 30.8 Å². The van der Waals surface area contributed by atoms with Gasteiger partial charge in [0.1, 0.15) is 5.15 Å². The number of imidazole rings is 1. The van der Waals surface area contributed by atoms with Crippen molar-refractivity contribution in [2.24, 2.45) is 0 Å². The van der Waals surface area contributed by atoms with Crippen molar-refractivity contribution in [1.82, 2.24) is 19.9 Å². The molecule has 1 aromatic carbocycles. The lowest BCUT2D eigenvalue weighted by molar-refractivity contribution is 0.0950. The Morgan fingerprint density at radius 3 is 2.68 bits per heavy atom. The van der Waals surface area contributed by atoms with Gasteiger partial charge in [-0.2, -0.15) is 0 Å². The lowest BCUT2D eigenvalue weighted by atomic mass is 10.2. The fourth-order valence-corrected chi connectivity index (χ4v) is 2.24. The van der Waals surface area contributed by atoms with Gasteiger partial charge in [0.25, 0.3) is 5.91 Å². The zero-order chi connectivity index (χ0) is 15.4. The van der Waals surface area contributed by atoms with Crippen LogP contribution in [0.2, 0.25) is 5.15 Å². The number of nitrogens with zero attached hydrogens (tertiary/aromatic N) is 3. The molecular formula is C16H13ClN4O. The summed E-state index contributed by atoms with van der Waals surface area (Å²) < 4.78 is 1.91. The maximum absolute atomic E-state index is 12.0. The molecule has 0 aliphatic rings. The van der Waals surface area contributed by atoms with Crippen LogP contribution in [0.25, 0.3) is 5.69 Å². The molecular weight excluding hydrogens is 300 g/mol. The van der Waals surface area contributed by atoms with Crippen molar-refractivity contribution in [1.29, 1.82) is 0 Å². The summed E-state index contributed by atoms with van der Waals surface area (Å²) in [6.45, 7) is 0.425. The first-order valence-corrected chi connectivity index (χ1v) is 7.08. The Kier molecular flexibility index (Phi) is 4.16. The number of carbonyl (C=O) groups excluding carboxylic acids is 1. The Morgan fingerprint density at radius 2 is 2.00 bits per heavy atom. The minimum atomic E-state index is -0.239. The molecule has 0 saturated carbocycles. The van der Waals surface area contributed by atoms with Gasteiger partial charge >= 0.3 is 0 Å². The standard InChI is InChI=1S/C16H13ClN4O/c17-15-14(2-1-7-19-15)16(22)20-10-12-3-5-13(6-4-12)21-9-8-18-11-21/h1-9,11H,10H2,(H,20,22). The predicted molar refractivity (Wildman–Crippen MR) is 84.0 cm³/mol. The van der Waals surface area contributed by atoms with Crippen LogP contribution >= 0.6 is 11.6 Å². The van der Waals surface area contributed by atoms with Crippen LogP contribution < -0.4 is 5.32 Å². The normalized spacial score (nSPS) is 10.4.